The van der Waals surface area contributed by atoms with Gasteiger partial charge in [-0.2, -0.15) is 0 Å². The summed E-state index contributed by atoms with van der Waals surface area (Å²) in [7, 11) is 1.43. The predicted molar refractivity (Wildman–Crippen MR) is 57.7 cm³/mol. The van der Waals surface area contributed by atoms with Crippen molar-refractivity contribution in [2.75, 3.05) is 13.7 Å². The molecule has 3 nitrogen and oxygen atoms in total. The Morgan fingerprint density at radius 1 is 1.40 bits per heavy atom. The van der Waals surface area contributed by atoms with Crippen LogP contribution in [0.5, 0.6) is 0 Å². The zero-order valence-electron chi connectivity index (χ0n) is 8.82. The smallest absolute Gasteiger partial charge is 0.323 e. The van der Waals surface area contributed by atoms with E-state index >= 15 is 0 Å². The van der Waals surface area contributed by atoms with Crippen molar-refractivity contribution in [3.05, 3.63) is 35.4 Å². The summed E-state index contributed by atoms with van der Waals surface area (Å²) in [6, 6.07) is 8.06. The van der Waals surface area contributed by atoms with Crippen molar-refractivity contribution in [2.45, 2.75) is 18.9 Å². The van der Waals surface area contributed by atoms with E-state index in [0.29, 0.717) is 0 Å². The molecule has 0 aromatic heterocycles. The quantitative estimate of drug-likeness (QED) is 0.693. The minimum Gasteiger partial charge on any atom is -0.468 e. The fraction of sp³-hybridized carbons (Fsp3) is 0.417. The number of carbonyl (C=O) groups is 1. The van der Waals surface area contributed by atoms with Crippen molar-refractivity contribution in [3.63, 3.8) is 0 Å². The van der Waals surface area contributed by atoms with Gasteiger partial charge in [0.05, 0.1) is 7.11 Å². The van der Waals surface area contributed by atoms with E-state index in [1.54, 1.807) is 0 Å². The van der Waals surface area contributed by atoms with Gasteiger partial charge in [0, 0.05) is 0 Å². The second-order valence-electron chi connectivity index (χ2n) is 3.75. The normalized spacial score (nSPS) is 20.2. The number of ether oxygens (including phenoxy) is 1. The van der Waals surface area contributed by atoms with Crippen LogP contribution in [-0.4, -0.2) is 25.7 Å². The number of fused-ring (bicyclic) bond motifs is 1. The van der Waals surface area contributed by atoms with Crippen molar-refractivity contribution < 1.29 is 9.53 Å². The van der Waals surface area contributed by atoms with Crippen LogP contribution in [0.4, 0.5) is 0 Å². The Balaban J connectivity index is 2.21. The molecule has 1 aliphatic heterocycles. The minimum atomic E-state index is -0.196. The monoisotopic (exact) mass is 205 g/mol. The van der Waals surface area contributed by atoms with Crippen LogP contribution < -0.4 is 5.32 Å². The lowest BCUT2D eigenvalue weighted by molar-refractivity contribution is -0.143. The van der Waals surface area contributed by atoms with E-state index in [2.05, 4.69) is 17.4 Å². The molecule has 2 rings (SSSR count). The van der Waals surface area contributed by atoms with Crippen molar-refractivity contribution in [3.8, 4) is 0 Å². The number of methoxy groups -OCH3 is 1. The summed E-state index contributed by atoms with van der Waals surface area (Å²) < 4.78 is 4.76. The summed E-state index contributed by atoms with van der Waals surface area (Å²) in [6.45, 7) is 0.830. The lowest BCUT2D eigenvalue weighted by Gasteiger charge is -2.12. The second-order valence-corrected chi connectivity index (χ2v) is 3.75. The van der Waals surface area contributed by atoms with Crippen LogP contribution in [0.15, 0.2) is 24.3 Å². The molecule has 0 aliphatic carbocycles. The van der Waals surface area contributed by atoms with Gasteiger partial charge >= 0.3 is 5.97 Å². The van der Waals surface area contributed by atoms with E-state index in [1.807, 2.05) is 12.1 Å². The standard InChI is InChI=1S/C12H15NO2/c1-15-12(14)11-8-10-5-3-2-4-9(10)6-7-13-11/h2-5,11,13H,6-8H2,1H3/t11-/m1/s1. The Bertz CT molecular complexity index is 362. The first kappa shape index (κ1) is 10.2. The molecule has 15 heavy (non-hydrogen) atoms. The maximum absolute atomic E-state index is 11.4. The van der Waals surface area contributed by atoms with Gasteiger partial charge in [0.1, 0.15) is 6.04 Å². The van der Waals surface area contributed by atoms with Gasteiger partial charge < -0.3 is 10.1 Å². The SMILES string of the molecule is COC(=O)[C@H]1Cc2ccccc2CCN1. The van der Waals surface area contributed by atoms with Gasteiger partial charge in [0.2, 0.25) is 0 Å². The van der Waals surface area contributed by atoms with Gasteiger partial charge in [-0.15, -0.1) is 0 Å². The average Bonchev–Trinajstić information content (AvgIpc) is 2.49. The van der Waals surface area contributed by atoms with Gasteiger partial charge in [-0.25, -0.2) is 0 Å². The first-order valence-electron chi connectivity index (χ1n) is 5.19. The fourth-order valence-electron chi connectivity index (χ4n) is 1.98. The van der Waals surface area contributed by atoms with E-state index in [9.17, 15) is 4.79 Å². The number of benzene rings is 1. The number of hydrogen-bond acceptors (Lipinski definition) is 3. The Labute approximate surface area is 89.4 Å². The van der Waals surface area contributed by atoms with Crippen LogP contribution in [0.1, 0.15) is 11.1 Å². The summed E-state index contributed by atoms with van der Waals surface area (Å²) in [5.41, 5.74) is 2.58. The molecule has 0 amide bonds. The third-order valence-corrected chi connectivity index (χ3v) is 2.81. The molecule has 1 aromatic rings. The van der Waals surface area contributed by atoms with Gasteiger partial charge in [0.15, 0.2) is 0 Å². The summed E-state index contributed by atoms with van der Waals surface area (Å²) >= 11 is 0. The molecule has 0 radical (unpaired) electrons. The van der Waals surface area contributed by atoms with Crippen molar-refractivity contribution in [1.29, 1.82) is 0 Å². The summed E-state index contributed by atoms with van der Waals surface area (Å²) in [6.07, 6.45) is 1.70. The Kier molecular flexibility index (Phi) is 3.02. The van der Waals surface area contributed by atoms with Crippen LogP contribution in [-0.2, 0) is 22.4 Å². The maximum atomic E-state index is 11.4. The van der Waals surface area contributed by atoms with Gasteiger partial charge in [-0.1, -0.05) is 24.3 Å². The molecule has 1 N–H and O–H groups in total. The molecule has 0 fully saturated rings. The molecule has 1 aromatic carbocycles. The Hall–Kier alpha value is -1.35. The molecule has 0 bridgehead atoms. The van der Waals surface area contributed by atoms with Crippen LogP contribution >= 0.6 is 0 Å². The van der Waals surface area contributed by atoms with Gasteiger partial charge in [0.25, 0.3) is 0 Å². The van der Waals surface area contributed by atoms with Gasteiger partial charge in [-0.3, -0.25) is 4.79 Å². The van der Waals surface area contributed by atoms with E-state index in [4.69, 9.17) is 4.74 Å². The number of rotatable bonds is 1. The van der Waals surface area contributed by atoms with E-state index in [1.165, 1.54) is 18.2 Å². The molecule has 0 spiro atoms. The molecule has 0 unspecified atom stereocenters. The molecule has 3 heteroatoms. The molecule has 1 heterocycles. The zero-order valence-corrected chi connectivity index (χ0v) is 8.82. The summed E-state index contributed by atoms with van der Waals surface area (Å²) in [5, 5.41) is 3.20. The highest BCUT2D eigenvalue weighted by Gasteiger charge is 2.22. The number of carbonyl (C=O) groups excluding carboxylic acids is 1. The summed E-state index contributed by atoms with van der Waals surface area (Å²) in [4.78, 5) is 11.4. The lowest BCUT2D eigenvalue weighted by Crippen LogP contribution is -2.38. The number of nitrogens with one attached hydrogen (secondary N) is 1. The number of esters is 1. The van der Waals surface area contributed by atoms with Crippen molar-refractivity contribution in [2.24, 2.45) is 0 Å². The Morgan fingerprint density at radius 2 is 2.13 bits per heavy atom. The van der Waals surface area contributed by atoms with Crippen LogP contribution in [0.2, 0.25) is 0 Å². The van der Waals surface area contributed by atoms with Crippen molar-refractivity contribution in [1.82, 2.24) is 5.32 Å². The predicted octanol–water partition coefficient (Wildman–Crippen LogP) is 0.916. The maximum Gasteiger partial charge on any atom is 0.323 e. The lowest BCUT2D eigenvalue weighted by atomic mass is 10.0. The fourth-order valence-corrected chi connectivity index (χ4v) is 1.98. The average molecular weight is 205 g/mol. The van der Waals surface area contributed by atoms with E-state index in [-0.39, 0.29) is 12.0 Å². The molecule has 80 valence electrons. The van der Waals surface area contributed by atoms with Gasteiger partial charge in [-0.05, 0) is 30.5 Å². The topological polar surface area (TPSA) is 38.3 Å². The second kappa shape index (κ2) is 4.45. The molecular formula is C12H15NO2. The highest BCUT2D eigenvalue weighted by molar-refractivity contribution is 5.76. The molecule has 1 aliphatic rings. The first-order valence-corrected chi connectivity index (χ1v) is 5.19. The van der Waals surface area contributed by atoms with Crippen LogP contribution in [0.3, 0.4) is 0 Å². The summed E-state index contributed by atoms with van der Waals surface area (Å²) in [5.74, 6) is -0.174. The number of hydrogen-bond donors (Lipinski definition) is 1. The Morgan fingerprint density at radius 3 is 2.87 bits per heavy atom. The minimum absolute atomic E-state index is 0.174. The molecule has 0 saturated carbocycles. The first-order chi connectivity index (χ1) is 7.31. The molecule has 0 saturated heterocycles. The van der Waals surface area contributed by atoms with Crippen LogP contribution in [0, 0.1) is 0 Å². The third-order valence-electron chi connectivity index (χ3n) is 2.81. The largest absolute Gasteiger partial charge is 0.468 e. The van der Waals surface area contributed by atoms with E-state index < -0.39 is 0 Å². The highest BCUT2D eigenvalue weighted by atomic mass is 16.5. The van der Waals surface area contributed by atoms with Crippen LogP contribution in [0.25, 0.3) is 0 Å². The van der Waals surface area contributed by atoms with Crippen molar-refractivity contribution >= 4 is 5.97 Å². The third kappa shape index (κ3) is 2.18. The zero-order chi connectivity index (χ0) is 10.7. The molecule has 1 atom stereocenters. The highest BCUT2D eigenvalue weighted by Crippen LogP contribution is 2.15. The molecular weight excluding hydrogens is 190 g/mol. The van der Waals surface area contributed by atoms with E-state index in [0.717, 1.165) is 19.4 Å².